The van der Waals surface area contributed by atoms with E-state index in [-0.39, 0.29) is 18.1 Å². The van der Waals surface area contributed by atoms with Crippen LogP contribution in [0, 0.1) is 24.0 Å². The SMILES string of the molecule is CCc1ccc(C[NH+](C)CC(=O)Nc2c([N+](=O)[O-])ccc(C)c2C)cc1. The Hall–Kier alpha value is -2.73. The number of amides is 1. The number of hydrogen-bond acceptors (Lipinski definition) is 3. The summed E-state index contributed by atoms with van der Waals surface area (Å²) in [7, 11) is 1.94. The molecule has 2 rings (SSSR count). The number of nitrogens with one attached hydrogen (secondary N) is 2. The van der Waals surface area contributed by atoms with E-state index < -0.39 is 4.92 Å². The van der Waals surface area contributed by atoms with Crippen LogP contribution in [-0.2, 0) is 17.8 Å². The Bertz CT molecular complexity index is 801. The van der Waals surface area contributed by atoms with Crippen molar-refractivity contribution >= 4 is 17.3 Å². The summed E-state index contributed by atoms with van der Waals surface area (Å²) < 4.78 is 0. The van der Waals surface area contributed by atoms with Crippen LogP contribution >= 0.6 is 0 Å². The first-order valence-electron chi connectivity index (χ1n) is 8.75. The Kier molecular flexibility index (Phi) is 6.46. The predicted octanol–water partition coefficient (Wildman–Crippen LogP) is 2.43. The quantitative estimate of drug-likeness (QED) is 0.591. The van der Waals surface area contributed by atoms with Crippen LogP contribution in [-0.4, -0.2) is 24.4 Å². The number of quaternary nitrogens is 1. The van der Waals surface area contributed by atoms with E-state index in [1.807, 2.05) is 14.0 Å². The summed E-state index contributed by atoms with van der Waals surface area (Å²) in [6.07, 6.45) is 1.00. The molecule has 0 saturated carbocycles. The van der Waals surface area contributed by atoms with Crippen molar-refractivity contribution < 1.29 is 14.6 Å². The van der Waals surface area contributed by atoms with Crippen LogP contribution < -0.4 is 10.2 Å². The smallest absolute Gasteiger partial charge is 0.293 e. The maximum absolute atomic E-state index is 12.4. The zero-order chi connectivity index (χ0) is 19.3. The minimum atomic E-state index is -0.464. The molecule has 0 spiro atoms. The standard InChI is InChI=1S/C20H25N3O3/c1-5-16-7-9-17(10-8-16)12-22(4)13-19(24)21-20-15(3)14(2)6-11-18(20)23(25)26/h6-11H,5,12-13H2,1-4H3,(H,21,24)/p+1. The number of carbonyl (C=O) groups excluding carboxylic acids is 1. The molecule has 0 aliphatic rings. The van der Waals surface area contributed by atoms with Crippen LogP contribution in [0.5, 0.6) is 0 Å². The van der Waals surface area contributed by atoms with E-state index >= 15 is 0 Å². The highest BCUT2D eigenvalue weighted by molar-refractivity contribution is 5.95. The molecule has 0 fully saturated rings. The van der Waals surface area contributed by atoms with E-state index in [0.29, 0.717) is 12.2 Å². The van der Waals surface area contributed by atoms with Gasteiger partial charge in [0.1, 0.15) is 12.2 Å². The van der Waals surface area contributed by atoms with Gasteiger partial charge in [0.15, 0.2) is 6.54 Å². The fraction of sp³-hybridized carbons (Fsp3) is 0.350. The molecular weight excluding hydrogens is 330 g/mol. The zero-order valence-electron chi connectivity index (χ0n) is 15.8. The van der Waals surface area contributed by atoms with Gasteiger partial charge in [-0.2, -0.15) is 0 Å². The average molecular weight is 356 g/mol. The molecule has 1 unspecified atom stereocenters. The summed E-state index contributed by atoms with van der Waals surface area (Å²) in [5, 5.41) is 14.0. The maximum Gasteiger partial charge on any atom is 0.293 e. The maximum atomic E-state index is 12.4. The van der Waals surface area contributed by atoms with Crippen molar-refractivity contribution in [2.75, 3.05) is 18.9 Å². The number of nitro benzene ring substituents is 1. The molecule has 138 valence electrons. The largest absolute Gasteiger partial charge is 0.326 e. The fourth-order valence-corrected chi connectivity index (χ4v) is 2.87. The minimum Gasteiger partial charge on any atom is -0.326 e. The van der Waals surface area contributed by atoms with Crippen LogP contribution in [0.15, 0.2) is 36.4 Å². The van der Waals surface area contributed by atoms with Gasteiger partial charge in [-0.3, -0.25) is 14.9 Å². The van der Waals surface area contributed by atoms with Gasteiger partial charge in [0, 0.05) is 11.6 Å². The number of nitrogens with zero attached hydrogens (tertiary/aromatic N) is 1. The van der Waals surface area contributed by atoms with Gasteiger partial charge >= 0.3 is 0 Å². The molecule has 2 aromatic carbocycles. The van der Waals surface area contributed by atoms with E-state index in [9.17, 15) is 14.9 Å². The monoisotopic (exact) mass is 356 g/mol. The van der Waals surface area contributed by atoms with E-state index in [1.54, 1.807) is 13.0 Å². The normalized spacial score (nSPS) is 11.8. The van der Waals surface area contributed by atoms with Crippen LogP contribution in [0.3, 0.4) is 0 Å². The lowest BCUT2D eigenvalue weighted by molar-refractivity contribution is -0.885. The molecule has 0 radical (unpaired) electrons. The molecule has 0 aliphatic carbocycles. The van der Waals surface area contributed by atoms with Gasteiger partial charge in [-0.25, -0.2) is 0 Å². The van der Waals surface area contributed by atoms with Crippen LogP contribution in [0.1, 0.15) is 29.2 Å². The first-order chi connectivity index (χ1) is 12.3. The highest BCUT2D eigenvalue weighted by Gasteiger charge is 2.20. The van der Waals surface area contributed by atoms with Gasteiger partial charge in [-0.1, -0.05) is 37.3 Å². The summed E-state index contributed by atoms with van der Waals surface area (Å²) in [5.74, 6) is -0.232. The van der Waals surface area contributed by atoms with Gasteiger partial charge in [0.05, 0.1) is 12.0 Å². The zero-order valence-corrected chi connectivity index (χ0v) is 15.8. The van der Waals surface area contributed by atoms with Crippen molar-refractivity contribution in [2.45, 2.75) is 33.7 Å². The summed E-state index contributed by atoms with van der Waals surface area (Å²) in [5.41, 5.74) is 4.29. The third-order valence-electron chi connectivity index (χ3n) is 4.57. The summed E-state index contributed by atoms with van der Waals surface area (Å²) in [4.78, 5) is 24.2. The number of anilines is 1. The van der Waals surface area contributed by atoms with Crippen molar-refractivity contribution in [1.82, 2.24) is 0 Å². The molecular formula is C20H26N3O3+. The Balaban J connectivity index is 2.04. The average Bonchev–Trinajstić information content (AvgIpc) is 2.59. The Labute approximate surface area is 154 Å². The van der Waals surface area contributed by atoms with Crippen molar-refractivity contribution in [1.29, 1.82) is 0 Å². The lowest BCUT2D eigenvalue weighted by atomic mass is 10.1. The molecule has 6 heteroatoms. The molecule has 1 amide bonds. The number of hydrogen-bond donors (Lipinski definition) is 2. The van der Waals surface area contributed by atoms with Gasteiger partial charge in [-0.15, -0.1) is 0 Å². The van der Waals surface area contributed by atoms with Gasteiger partial charge in [-0.05, 0) is 37.0 Å². The third-order valence-corrected chi connectivity index (χ3v) is 4.57. The van der Waals surface area contributed by atoms with Crippen molar-refractivity contribution in [3.8, 4) is 0 Å². The van der Waals surface area contributed by atoms with Crippen LogP contribution in [0.25, 0.3) is 0 Å². The van der Waals surface area contributed by atoms with Crippen molar-refractivity contribution in [3.05, 3.63) is 68.8 Å². The number of aryl methyl sites for hydroxylation is 2. The van der Waals surface area contributed by atoms with E-state index in [2.05, 4.69) is 36.5 Å². The second kappa shape index (κ2) is 8.58. The van der Waals surface area contributed by atoms with Gasteiger partial charge < -0.3 is 10.2 Å². The molecule has 0 heterocycles. The number of benzene rings is 2. The summed E-state index contributed by atoms with van der Waals surface area (Å²) in [6.45, 7) is 6.71. The molecule has 0 bridgehead atoms. The molecule has 2 N–H and O–H groups in total. The van der Waals surface area contributed by atoms with Crippen molar-refractivity contribution in [3.63, 3.8) is 0 Å². The molecule has 2 aromatic rings. The number of nitro groups is 1. The molecule has 0 aliphatic heterocycles. The van der Waals surface area contributed by atoms with Crippen LogP contribution in [0.2, 0.25) is 0 Å². The molecule has 0 saturated heterocycles. The van der Waals surface area contributed by atoms with Crippen molar-refractivity contribution in [2.24, 2.45) is 0 Å². The highest BCUT2D eigenvalue weighted by atomic mass is 16.6. The lowest BCUT2D eigenvalue weighted by Gasteiger charge is -2.15. The second-order valence-electron chi connectivity index (χ2n) is 6.69. The van der Waals surface area contributed by atoms with E-state index in [1.165, 1.54) is 11.6 Å². The first-order valence-corrected chi connectivity index (χ1v) is 8.75. The Morgan fingerprint density at radius 3 is 2.31 bits per heavy atom. The topological polar surface area (TPSA) is 76.7 Å². The molecule has 1 atom stereocenters. The summed E-state index contributed by atoms with van der Waals surface area (Å²) >= 11 is 0. The van der Waals surface area contributed by atoms with Crippen LogP contribution in [0.4, 0.5) is 11.4 Å². The Morgan fingerprint density at radius 2 is 1.73 bits per heavy atom. The number of rotatable bonds is 7. The highest BCUT2D eigenvalue weighted by Crippen LogP contribution is 2.29. The molecule has 0 aromatic heterocycles. The van der Waals surface area contributed by atoms with E-state index in [0.717, 1.165) is 28.0 Å². The second-order valence-corrected chi connectivity index (χ2v) is 6.69. The van der Waals surface area contributed by atoms with Gasteiger partial charge in [0.2, 0.25) is 0 Å². The molecule has 6 nitrogen and oxygen atoms in total. The minimum absolute atomic E-state index is 0.0748. The third kappa shape index (κ3) is 4.89. The lowest BCUT2D eigenvalue weighted by Crippen LogP contribution is -3.08. The van der Waals surface area contributed by atoms with E-state index in [4.69, 9.17) is 0 Å². The molecule has 26 heavy (non-hydrogen) atoms. The number of carbonyl (C=O) groups is 1. The fourth-order valence-electron chi connectivity index (χ4n) is 2.87. The van der Waals surface area contributed by atoms with Gasteiger partial charge in [0.25, 0.3) is 11.6 Å². The summed E-state index contributed by atoms with van der Waals surface area (Å²) in [6, 6.07) is 11.5. The first kappa shape index (κ1) is 19.6. The predicted molar refractivity (Wildman–Crippen MR) is 102 cm³/mol. The number of likely N-dealkylation sites (N-methyl/N-ethyl adjacent to an activating group) is 1. The Morgan fingerprint density at radius 1 is 1.12 bits per heavy atom.